The quantitative estimate of drug-likeness (QED) is 0.893. The van der Waals surface area contributed by atoms with Gasteiger partial charge in [-0.3, -0.25) is 9.48 Å². The van der Waals surface area contributed by atoms with Crippen LogP contribution in [0.5, 0.6) is 0 Å². The third kappa shape index (κ3) is 2.97. The van der Waals surface area contributed by atoms with Gasteiger partial charge in [0.2, 0.25) is 5.91 Å². The van der Waals surface area contributed by atoms with Crippen LogP contribution < -0.4 is 10.6 Å². The summed E-state index contributed by atoms with van der Waals surface area (Å²) in [5.74, 6) is 0.0425. The zero-order chi connectivity index (χ0) is 14.8. The van der Waals surface area contributed by atoms with Gasteiger partial charge in [0.05, 0.1) is 18.3 Å². The van der Waals surface area contributed by atoms with Gasteiger partial charge in [0.25, 0.3) is 0 Å². The zero-order valence-electron chi connectivity index (χ0n) is 12.3. The maximum absolute atomic E-state index is 12.4. The first-order chi connectivity index (χ1) is 10.1. The van der Waals surface area contributed by atoms with Crippen LogP contribution in [0.3, 0.4) is 0 Å². The zero-order valence-corrected chi connectivity index (χ0v) is 12.3. The fraction of sp³-hybridized carbons (Fsp3) is 0.375. The largest absolute Gasteiger partial charge is 0.348 e. The molecule has 0 spiro atoms. The predicted molar refractivity (Wildman–Crippen MR) is 80.5 cm³/mol. The van der Waals surface area contributed by atoms with Crippen molar-refractivity contribution in [3.05, 3.63) is 53.3 Å². The van der Waals surface area contributed by atoms with E-state index in [1.165, 1.54) is 11.1 Å². The highest BCUT2D eigenvalue weighted by atomic mass is 16.2. The molecule has 5 nitrogen and oxygen atoms in total. The Morgan fingerprint density at radius 2 is 2.19 bits per heavy atom. The molecule has 1 aliphatic rings. The number of fused-ring (bicyclic) bond motifs is 1. The van der Waals surface area contributed by atoms with E-state index in [0.717, 1.165) is 18.5 Å². The van der Waals surface area contributed by atoms with Crippen molar-refractivity contribution in [2.45, 2.75) is 32.0 Å². The topological polar surface area (TPSA) is 59.0 Å². The van der Waals surface area contributed by atoms with Gasteiger partial charge >= 0.3 is 0 Å². The molecular formula is C16H20N4O. The number of benzene rings is 1. The van der Waals surface area contributed by atoms with Gasteiger partial charge in [-0.05, 0) is 24.5 Å². The number of hydrogen-bond acceptors (Lipinski definition) is 3. The highest BCUT2D eigenvalue weighted by Crippen LogP contribution is 2.17. The van der Waals surface area contributed by atoms with Gasteiger partial charge in [0.1, 0.15) is 0 Å². The second kappa shape index (κ2) is 5.69. The minimum Gasteiger partial charge on any atom is -0.348 e. The van der Waals surface area contributed by atoms with Crippen LogP contribution >= 0.6 is 0 Å². The molecule has 5 heteroatoms. The Hall–Kier alpha value is -2.14. The van der Waals surface area contributed by atoms with Crippen LogP contribution in [0.15, 0.2) is 36.7 Å². The molecule has 2 heterocycles. The lowest BCUT2D eigenvalue weighted by molar-refractivity contribution is -0.124. The third-order valence-electron chi connectivity index (χ3n) is 3.98. The van der Waals surface area contributed by atoms with Crippen LogP contribution in [0.1, 0.15) is 29.7 Å². The number of amides is 1. The summed E-state index contributed by atoms with van der Waals surface area (Å²) < 4.78 is 1.74. The highest BCUT2D eigenvalue weighted by molar-refractivity contribution is 5.82. The Balaban J connectivity index is 1.64. The van der Waals surface area contributed by atoms with Crippen molar-refractivity contribution in [1.82, 2.24) is 20.4 Å². The van der Waals surface area contributed by atoms with E-state index >= 15 is 0 Å². The maximum Gasteiger partial charge on any atom is 0.237 e. The van der Waals surface area contributed by atoms with Gasteiger partial charge < -0.3 is 10.6 Å². The van der Waals surface area contributed by atoms with Crippen LogP contribution in [-0.4, -0.2) is 21.7 Å². The van der Waals surface area contributed by atoms with Crippen LogP contribution in [-0.2, 0) is 24.8 Å². The van der Waals surface area contributed by atoms with Crippen molar-refractivity contribution in [2.24, 2.45) is 7.05 Å². The van der Waals surface area contributed by atoms with E-state index in [2.05, 4.69) is 27.9 Å². The predicted octanol–water partition coefficient (Wildman–Crippen LogP) is 1.31. The number of aryl methyl sites for hydroxylation is 1. The van der Waals surface area contributed by atoms with E-state index in [0.29, 0.717) is 0 Å². The van der Waals surface area contributed by atoms with E-state index in [4.69, 9.17) is 0 Å². The van der Waals surface area contributed by atoms with Crippen LogP contribution in [0.4, 0.5) is 0 Å². The van der Waals surface area contributed by atoms with E-state index in [1.54, 1.807) is 10.9 Å². The molecule has 0 saturated carbocycles. The first-order valence-electron chi connectivity index (χ1n) is 7.22. The average Bonchev–Trinajstić information content (AvgIpc) is 2.93. The van der Waals surface area contributed by atoms with Gasteiger partial charge in [0.15, 0.2) is 0 Å². The lowest BCUT2D eigenvalue weighted by Gasteiger charge is -2.26. The minimum atomic E-state index is -0.168. The third-order valence-corrected chi connectivity index (χ3v) is 3.98. The Kier molecular flexibility index (Phi) is 3.75. The van der Waals surface area contributed by atoms with Gasteiger partial charge in [-0.25, -0.2) is 0 Å². The summed E-state index contributed by atoms with van der Waals surface area (Å²) in [6.45, 7) is 2.72. The van der Waals surface area contributed by atoms with E-state index in [9.17, 15) is 4.79 Å². The molecule has 0 saturated heterocycles. The number of carbonyl (C=O) groups excluding carboxylic acids is 1. The monoisotopic (exact) mass is 284 g/mol. The normalized spacial score (nSPS) is 18.9. The standard InChI is InChI=1S/C16H20N4O/c1-11(14-9-18-20(2)10-14)19-16(21)15-7-12-5-3-4-6-13(12)8-17-15/h3-6,9-11,15,17H,7-8H2,1-2H3,(H,19,21). The molecule has 21 heavy (non-hydrogen) atoms. The Morgan fingerprint density at radius 1 is 1.43 bits per heavy atom. The molecule has 110 valence electrons. The fourth-order valence-corrected chi connectivity index (χ4v) is 2.70. The molecule has 1 amide bonds. The average molecular weight is 284 g/mol. The summed E-state index contributed by atoms with van der Waals surface area (Å²) >= 11 is 0. The summed E-state index contributed by atoms with van der Waals surface area (Å²) in [5, 5.41) is 10.5. The molecule has 2 aromatic rings. The van der Waals surface area contributed by atoms with Crippen LogP contribution in [0.2, 0.25) is 0 Å². The SMILES string of the molecule is CC(NC(=O)C1Cc2ccccc2CN1)c1cnn(C)c1. The molecule has 2 unspecified atom stereocenters. The van der Waals surface area contributed by atoms with Gasteiger partial charge in [-0.2, -0.15) is 5.10 Å². The van der Waals surface area contributed by atoms with Crippen LogP contribution in [0.25, 0.3) is 0 Å². The molecular weight excluding hydrogens is 264 g/mol. The number of hydrogen-bond donors (Lipinski definition) is 2. The summed E-state index contributed by atoms with van der Waals surface area (Å²) in [6, 6.07) is 8.06. The van der Waals surface area contributed by atoms with E-state index < -0.39 is 0 Å². The smallest absolute Gasteiger partial charge is 0.237 e. The van der Waals surface area contributed by atoms with E-state index in [-0.39, 0.29) is 18.0 Å². The fourth-order valence-electron chi connectivity index (χ4n) is 2.70. The molecule has 3 rings (SSSR count). The van der Waals surface area contributed by atoms with Crippen molar-refractivity contribution in [2.75, 3.05) is 0 Å². The Labute approximate surface area is 124 Å². The second-order valence-electron chi connectivity index (χ2n) is 5.58. The number of aromatic nitrogens is 2. The number of nitrogens with zero attached hydrogens (tertiary/aromatic N) is 2. The van der Waals surface area contributed by atoms with Crippen molar-refractivity contribution in [3.63, 3.8) is 0 Å². The lowest BCUT2D eigenvalue weighted by Crippen LogP contribution is -2.48. The van der Waals surface area contributed by atoms with Crippen molar-refractivity contribution in [3.8, 4) is 0 Å². The van der Waals surface area contributed by atoms with E-state index in [1.807, 2.05) is 32.3 Å². The Morgan fingerprint density at radius 3 is 2.90 bits per heavy atom. The molecule has 2 atom stereocenters. The van der Waals surface area contributed by atoms with Gasteiger partial charge in [-0.1, -0.05) is 24.3 Å². The number of carbonyl (C=O) groups is 1. The molecule has 2 N–H and O–H groups in total. The highest BCUT2D eigenvalue weighted by Gasteiger charge is 2.25. The molecule has 0 aliphatic carbocycles. The molecule has 0 fully saturated rings. The Bertz CT molecular complexity index is 649. The summed E-state index contributed by atoms with van der Waals surface area (Å²) in [6.07, 6.45) is 4.45. The second-order valence-corrected chi connectivity index (χ2v) is 5.58. The first kappa shape index (κ1) is 13.8. The molecule has 0 radical (unpaired) electrons. The van der Waals surface area contributed by atoms with Crippen molar-refractivity contribution >= 4 is 5.91 Å². The lowest BCUT2D eigenvalue weighted by atomic mass is 9.95. The van der Waals surface area contributed by atoms with Gasteiger partial charge in [0, 0.05) is 25.4 Å². The molecule has 0 bridgehead atoms. The summed E-state index contributed by atoms with van der Waals surface area (Å²) in [4.78, 5) is 12.4. The molecule has 1 aromatic heterocycles. The summed E-state index contributed by atoms with van der Waals surface area (Å²) in [5.41, 5.74) is 3.55. The maximum atomic E-state index is 12.4. The minimum absolute atomic E-state index is 0.0369. The molecule has 1 aliphatic heterocycles. The summed E-state index contributed by atoms with van der Waals surface area (Å²) in [7, 11) is 1.87. The van der Waals surface area contributed by atoms with Gasteiger partial charge in [-0.15, -0.1) is 0 Å². The first-order valence-corrected chi connectivity index (χ1v) is 7.22. The number of rotatable bonds is 3. The van der Waals surface area contributed by atoms with Crippen molar-refractivity contribution in [1.29, 1.82) is 0 Å². The molecule has 1 aromatic carbocycles. The number of nitrogens with one attached hydrogen (secondary N) is 2. The van der Waals surface area contributed by atoms with Crippen molar-refractivity contribution < 1.29 is 4.79 Å². The van der Waals surface area contributed by atoms with Crippen LogP contribution in [0, 0.1) is 0 Å².